The number of nitrogens with zero attached hydrogens (tertiary/aromatic N) is 2. The molecule has 0 spiro atoms. The van der Waals surface area contributed by atoms with E-state index in [9.17, 15) is 19.4 Å². The van der Waals surface area contributed by atoms with E-state index in [0.717, 1.165) is 36.8 Å². The molecule has 0 radical (unpaired) electrons. The maximum absolute atomic E-state index is 14.6. The number of amides is 1. The Hall–Kier alpha value is -3.64. The first-order valence-electron chi connectivity index (χ1n) is 19.4. The number of rotatable bonds is 21. The van der Waals surface area contributed by atoms with Crippen molar-refractivity contribution in [1.29, 1.82) is 0 Å². The third kappa shape index (κ3) is 9.24. The van der Waals surface area contributed by atoms with E-state index < -0.39 is 23.8 Å². The monoisotopic (exact) mass is 770 g/mol. The number of allylic oxidation sites excluding steroid dienone is 1. The zero-order chi connectivity index (χ0) is 38.5. The molecule has 6 unspecified atom stereocenters. The summed E-state index contributed by atoms with van der Waals surface area (Å²) in [6, 6.07) is 11.6. The van der Waals surface area contributed by atoms with Crippen LogP contribution in [0.1, 0.15) is 82.3 Å². The average Bonchev–Trinajstić information content (AvgIpc) is 3.18. The summed E-state index contributed by atoms with van der Waals surface area (Å²) in [5.74, 6) is -0.951. The highest BCUT2D eigenvalue weighted by Gasteiger charge is 2.65. The van der Waals surface area contributed by atoms with E-state index in [0.29, 0.717) is 55.2 Å². The number of unbranched alkanes of at least 4 members (excludes halogenated alkanes) is 2. The van der Waals surface area contributed by atoms with Crippen molar-refractivity contribution in [3.05, 3.63) is 83.7 Å². The Morgan fingerprint density at radius 1 is 1.13 bits per heavy atom. The van der Waals surface area contributed by atoms with Gasteiger partial charge in [-0.2, -0.15) is 0 Å². The topological polar surface area (TPSA) is 119 Å². The van der Waals surface area contributed by atoms with Gasteiger partial charge in [-0.15, -0.1) is 18.2 Å². The highest BCUT2D eigenvalue weighted by atomic mass is 35.5. The predicted octanol–water partition coefficient (Wildman–Crippen LogP) is 8.15. The lowest BCUT2D eigenvalue weighted by molar-refractivity contribution is -0.255. The quantitative estimate of drug-likeness (QED) is 0.0566. The first kappa shape index (κ1) is 41.5. The number of aliphatic hydroxyl groups is 2. The number of hydrogen-bond acceptors (Lipinski definition) is 9. The molecular formula is C42H56ClFN2O8. The van der Waals surface area contributed by atoms with Gasteiger partial charge in [0.15, 0.2) is 0 Å². The van der Waals surface area contributed by atoms with Crippen molar-refractivity contribution in [2.75, 3.05) is 45.5 Å². The van der Waals surface area contributed by atoms with Gasteiger partial charge in [0.2, 0.25) is 5.79 Å². The first-order valence-corrected chi connectivity index (χ1v) is 20.0. The smallest absolute Gasteiger partial charge is 0.410 e. The van der Waals surface area contributed by atoms with E-state index in [1.807, 2.05) is 32.0 Å². The molecule has 0 bridgehead atoms. The molecule has 2 N–H and O–H groups in total. The van der Waals surface area contributed by atoms with Crippen molar-refractivity contribution < 1.29 is 43.2 Å². The molecule has 2 aromatic rings. The first-order chi connectivity index (χ1) is 26.4. The van der Waals surface area contributed by atoms with Crippen LogP contribution in [0.5, 0.6) is 11.5 Å². The van der Waals surface area contributed by atoms with E-state index in [1.54, 1.807) is 29.2 Å². The van der Waals surface area contributed by atoms with Crippen LogP contribution in [-0.4, -0.2) is 84.2 Å². The van der Waals surface area contributed by atoms with Gasteiger partial charge in [-0.3, -0.25) is 4.90 Å². The maximum Gasteiger partial charge on any atom is 0.410 e. The zero-order valence-electron chi connectivity index (χ0n) is 31.6. The number of aliphatic hydroxyl groups excluding tert-OH is 2. The molecule has 6 atom stereocenters. The molecule has 0 saturated heterocycles. The zero-order valence-corrected chi connectivity index (χ0v) is 32.4. The van der Waals surface area contributed by atoms with E-state index in [1.165, 1.54) is 6.07 Å². The number of fused-ring (bicyclic) bond motifs is 2. The Labute approximate surface area is 323 Å². The van der Waals surface area contributed by atoms with Crippen LogP contribution in [0.15, 0.2) is 71.9 Å². The maximum atomic E-state index is 14.6. The van der Waals surface area contributed by atoms with Crippen molar-refractivity contribution in [3.8, 4) is 11.5 Å². The lowest BCUT2D eigenvalue weighted by Crippen LogP contribution is -2.70. The van der Waals surface area contributed by atoms with E-state index in [2.05, 4.69) is 12.7 Å². The second-order valence-electron chi connectivity index (χ2n) is 14.1. The Balaban J connectivity index is 1.74. The summed E-state index contributed by atoms with van der Waals surface area (Å²) in [5, 5.41) is 24.3. The molecule has 1 heterocycles. The van der Waals surface area contributed by atoms with Crippen LogP contribution in [0.25, 0.3) is 0 Å². The van der Waals surface area contributed by atoms with Gasteiger partial charge < -0.3 is 34.0 Å². The van der Waals surface area contributed by atoms with Crippen LogP contribution in [0.3, 0.4) is 0 Å². The summed E-state index contributed by atoms with van der Waals surface area (Å²) < 4.78 is 40.6. The third-order valence-corrected chi connectivity index (χ3v) is 10.8. The van der Waals surface area contributed by atoms with Gasteiger partial charge in [0.05, 0.1) is 24.1 Å². The molecule has 2 aromatic carbocycles. The van der Waals surface area contributed by atoms with Crippen LogP contribution in [0.4, 0.5) is 9.18 Å². The minimum Gasteiger partial charge on any atom is -0.489 e. The molecule has 54 heavy (non-hydrogen) atoms. The number of alkyl halides is 1. The molecule has 12 heteroatoms. The van der Waals surface area contributed by atoms with Crippen molar-refractivity contribution in [2.24, 2.45) is 22.9 Å². The van der Waals surface area contributed by atoms with E-state index in [-0.39, 0.29) is 68.9 Å². The molecule has 1 saturated carbocycles. The Kier molecular flexibility index (Phi) is 15.6. The van der Waals surface area contributed by atoms with E-state index in [4.69, 9.17) is 40.5 Å². The summed E-state index contributed by atoms with van der Waals surface area (Å²) in [6.45, 7) is 9.01. The standard InChI is InChI=1S/C42H56ClFN2O8/c1-4-20-46(41(49)50-24-19-43)38-27-36(45-53-6-3)33-25-29(13-9-11-21-47)32(15-10-12-22-48)39-34-26-31(51-28-30-14-7-8-16-35(30)44)17-18-37(34)54-42(38,40(33)39)52-23-5-2/h5,7-8,14,16-18,25-26,29,32,38-40,47-48H,2,4,6,9-13,15,19-24,27-28H2,1,3H3. The molecule has 2 aliphatic carbocycles. The van der Waals surface area contributed by atoms with Gasteiger partial charge in [0.1, 0.15) is 43.2 Å². The summed E-state index contributed by atoms with van der Waals surface area (Å²) in [6.07, 6.45) is 8.95. The van der Waals surface area contributed by atoms with Crippen molar-refractivity contribution in [1.82, 2.24) is 4.90 Å². The predicted molar refractivity (Wildman–Crippen MR) is 206 cm³/mol. The van der Waals surface area contributed by atoms with Crippen molar-refractivity contribution >= 4 is 23.4 Å². The normalized spacial score (nSPS) is 24.8. The highest BCUT2D eigenvalue weighted by molar-refractivity contribution is 6.18. The van der Waals surface area contributed by atoms with Gasteiger partial charge >= 0.3 is 6.09 Å². The number of halogens is 2. The molecule has 0 aromatic heterocycles. The minimum absolute atomic E-state index is 0.0469. The summed E-state index contributed by atoms with van der Waals surface area (Å²) in [4.78, 5) is 21.4. The van der Waals surface area contributed by atoms with Crippen LogP contribution in [-0.2, 0) is 20.9 Å². The lowest BCUT2D eigenvalue weighted by atomic mass is 9.55. The van der Waals surface area contributed by atoms with Gasteiger partial charge in [-0.1, -0.05) is 55.3 Å². The number of benzene rings is 2. The molecule has 5 rings (SSSR count). The third-order valence-electron chi connectivity index (χ3n) is 10.7. The van der Waals surface area contributed by atoms with Gasteiger partial charge in [-0.25, -0.2) is 9.18 Å². The summed E-state index contributed by atoms with van der Waals surface area (Å²) >= 11 is 5.97. The van der Waals surface area contributed by atoms with Crippen LogP contribution in [0.2, 0.25) is 0 Å². The summed E-state index contributed by atoms with van der Waals surface area (Å²) in [7, 11) is 0. The number of ether oxygens (including phenoxy) is 4. The fourth-order valence-corrected chi connectivity index (χ4v) is 8.56. The number of carbonyl (C=O) groups excluding carboxylic acids is 1. The number of oxime groups is 1. The van der Waals surface area contributed by atoms with Crippen molar-refractivity contribution in [2.45, 2.75) is 89.6 Å². The van der Waals surface area contributed by atoms with Crippen LogP contribution < -0.4 is 9.47 Å². The number of hydrogen-bond donors (Lipinski definition) is 2. The molecule has 1 aliphatic heterocycles. The van der Waals surface area contributed by atoms with Crippen LogP contribution >= 0.6 is 11.6 Å². The second-order valence-corrected chi connectivity index (χ2v) is 14.4. The SMILES string of the molecule is C=CCOC12Oc3ccc(OCc4ccccc4F)cc3C3C(CCCCO)C(CCCCO)C=C(C(=NOCC)CC1N(CCC)C(=O)OCCCl)C32. The molecule has 1 fully saturated rings. The van der Waals surface area contributed by atoms with Gasteiger partial charge in [0, 0.05) is 43.2 Å². The molecule has 296 valence electrons. The molecule has 10 nitrogen and oxygen atoms in total. The Morgan fingerprint density at radius 2 is 1.91 bits per heavy atom. The van der Waals surface area contributed by atoms with E-state index >= 15 is 0 Å². The van der Waals surface area contributed by atoms with Gasteiger partial charge in [0.25, 0.3) is 0 Å². The largest absolute Gasteiger partial charge is 0.489 e. The average molecular weight is 771 g/mol. The highest BCUT2D eigenvalue weighted by Crippen LogP contribution is 2.62. The fraction of sp³-hybridized carbons (Fsp3) is 0.571. The van der Waals surface area contributed by atoms with Crippen molar-refractivity contribution in [3.63, 3.8) is 0 Å². The minimum atomic E-state index is -1.39. The second kappa shape index (κ2) is 20.3. The molecule has 1 amide bonds. The Bertz CT molecular complexity index is 1610. The Morgan fingerprint density at radius 3 is 2.61 bits per heavy atom. The lowest BCUT2D eigenvalue weighted by Gasteiger charge is -2.59. The van der Waals surface area contributed by atoms with Crippen LogP contribution in [0, 0.1) is 23.6 Å². The number of carbonyl (C=O) groups is 1. The summed E-state index contributed by atoms with van der Waals surface area (Å²) in [5.41, 5.74) is 3.01. The molecular weight excluding hydrogens is 715 g/mol. The van der Waals surface area contributed by atoms with Gasteiger partial charge in [-0.05, 0) is 80.7 Å². The fourth-order valence-electron chi connectivity index (χ4n) is 8.48. The molecule has 3 aliphatic rings.